The van der Waals surface area contributed by atoms with Gasteiger partial charge in [0.15, 0.2) is 5.65 Å². The third-order valence-corrected chi connectivity index (χ3v) is 6.22. The maximum Gasteiger partial charge on any atom is 0.228 e. The van der Waals surface area contributed by atoms with E-state index in [1.807, 2.05) is 13.8 Å². The number of aromatic nitrogens is 4. The van der Waals surface area contributed by atoms with Crippen LogP contribution in [0.5, 0.6) is 0 Å². The van der Waals surface area contributed by atoms with Gasteiger partial charge < -0.3 is 14.4 Å². The fourth-order valence-electron chi connectivity index (χ4n) is 4.10. The Bertz CT molecular complexity index is 1140. The van der Waals surface area contributed by atoms with Crippen molar-refractivity contribution in [2.75, 3.05) is 37.8 Å². The molecule has 0 bridgehead atoms. The molecule has 9 heteroatoms. The van der Waals surface area contributed by atoms with Crippen molar-refractivity contribution in [1.82, 2.24) is 19.9 Å². The molecule has 0 unspecified atom stereocenters. The highest BCUT2D eigenvalue weighted by atomic mass is 35.5. The Morgan fingerprint density at radius 3 is 2.71 bits per heavy atom. The highest BCUT2D eigenvalue weighted by Crippen LogP contribution is 2.31. The van der Waals surface area contributed by atoms with Crippen molar-refractivity contribution in [3.8, 4) is 11.3 Å². The number of fused-ring (bicyclic) bond motifs is 1. The maximum absolute atomic E-state index is 14.8. The van der Waals surface area contributed by atoms with E-state index in [1.54, 1.807) is 12.1 Å². The van der Waals surface area contributed by atoms with Crippen LogP contribution in [0.25, 0.3) is 22.4 Å². The zero-order chi connectivity index (χ0) is 21.5. The molecule has 1 aromatic carbocycles. The molecule has 2 atom stereocenters. The molecule has 5 rings (SSSR count). The molecular weight excluding hydrogens is 421 g/mol. The molecule has 0 spiro atoms. The summed E-state index contributed by atoms with van der Waals surface area (Å²) in [5.74, 6) is 0.407. The minimum Gasteiger partial charge on any atom is -0.381 e. The third-order valence-electron chi connectivity index (χ3n) is 5.98. The van der Waals surface area contributed by atoms with Crippen LogP contribution < -0.4 is 4.90 Å². The van der Waals surface area contributed by atoms with Gasteiger partial charge in [-0.15, -0.1) is 0 Å². The second-order valence-electron chi connectivity index (χ2n) is 8.04. The highest BCUT2D eigenvalue weighted by Gasteiger charge is 2.32. The van der Waals surface area contributed by atoms with Crippen LogP contribution in [0.1, 0.15) is 17.8 Å². The van der Waals surface area contributed by atoms with E-state index in [4.69, 9.17) is 31.0 Å². The van der Waals surface area contributed by atoms with Crippen LogP contribution >= 0.6 is 11.6 Å². The fraction of sp³-hybridized carbons (Fsp3) is 0.455. The number of nitrogens with zero attached hydrogens (tertiary/aromatic N) is 5. The fourth-order valence-corrected chi connectivity index (χ4v) is 4.26. The summed E-state index contributed by atoms with van der Waals surface area (Å²) in [4.78, 5) is 20.8. The Morgan fingerprint density at radius 1 is 1.10 bits per heavy atom. The minimum atomic E-state index is -0.457. The van der Waals surface area contributed by atoms with E-state index in [2.05, 4.69) is 14.9 Å². The van der Waals surface area contributed by atoms with Crippen LogP contribution in [0.15, 0.2) is 18.2 Å². The third kappa shape index (κ3) is 3.95. The van der Waals surface area contributed by atoms with E-state index in [0.717, 1.165) is 24.4 Å². The number of anilines is 1. The molecule has 3 aromatic rings. The van der Waals surface area contributed by atoms with Gasteiger partial charge in [-0.2, -0.15) is 4.98 Å². The molecule has 0 N–H and O–H groups in total. The molecule has 2 saturated heterocycles. The lowest BCUT2D eigenvalue weighted by Crippen LogP contribution is -2.46. The summed E-state index contributed by atoms with van der Waals surface area (Å²) in [6.07, 6.45) is 1.04. The Hall–Kier alpha value is -2.42. The van der Waals surface area contributed by atoms with Crippen LogP contribution in [-0.2, 0) is 9.47 Å². The van der Waals surface area contributed by atoms with Gasteiger partial charge in [0, 0.05) is 36.2 Å². The number of hydrogen-bond donors (Lipinski definition) is 0. The highest BCUT2D eigenvalue weighted by molar-refractivity contribution is 6.30. The molecule has 0 amide bonds. The first-order chi connectivity index (χ1) is 15.0. The number of morpholine rings is 1. The van der Waals surface area contributed by atoms with Crippen LogP contribution in [0.4, 0.5) is 10.3 Å². The molecule has 0 aliphatic carbocycles. The first kappa shape index (κ1) is 20.5. The average Bonchev–Trinajstić information content (AvgIpc) is 3.29. The lowest BCUT2D eigenvalue weighted by Gasteiger charge is -2.35. The van der Waals surface area contributed by atoms with Crippen LogP contribution in [-0.4, -0.2) is 59.0 Å². The van der Waals surface area contributed by atoms with E-state index >= 15 is 0 Å². The second kappa shape index (κ2) is 8.26. The Kier molecular flexibility index (Phi) is 5.45. The number of ether oxygens (including phenoxy) is 2. The van der Waals surface area contributed by atoms with Gasteiger partial charge >= 0.3 is 0 Å². The van der Waals surface area contributed by atoms with Crippen molar-refractivity contribution in [1.29, 1.82) is 0 Å². The average molecular weight is 444 g/mol. The van der Waals surface area contributed by atoms with Gasteiger partial charge in [-0.1, -0.05) is 11.6 Å². The molecule has 2 aliphatic rings. The summed E-state index contributed by atoms with van der Waals surface area (Å²) >= 11 is 5.97. The molecule has 162 valence electrons. The molecule has 7 nitrogen and oxygen atoms in total. The quantitative estimate of drug-likeness (QED) is 0.610. The molecular formula is C22H23ClFN5O2. The first-order valence-electron chi connectivity index (χ1n) is 10.4. The number of rotatable bonds is 3. The zero-order valence-electron chi connectivity index (χ0n) is 17.4. The van der Waals surface area contributed by atoms with E-state index in [1.165, 1.54) is 6.07 Å². The smallest absolute Gasteiger partial charge is 0.228 e. The van der Waals surface area contributed by atoms with Gasteiger partial charge in [-0.25, -0.2) is 19.3 Å². The summed E-state index contributed by atoms with van der Waals surface area (Å²) in [6.45, 7) is 7.11. The van der Waals surface area contributed by atoms with Crippen molar-refractivity contribution in [3.05, 3.63) is 40.4 Å². The zero-order valence-corrected chi connectivity index (χ0v) is 18.2. The van der Waals surface area contributed by atoms with Gasteiger partial charge in [0.25, 0.3) is 0 Å². The molecule has 2 fully saturated rings. The van der Waals surface area contributed by atoms with Crippen molar-refractivity contribution in [2.24, 2.45) is 5.92 Å². The topological polar surface area (TPSA) is 73.3 Å². The van der Waals surface area contributed by atoms with E-state index in [-0.39, 0.29) is 6.10 Å². The molecule has 0 saturated carbocycles. The Labute approximate surface area is 184 Å². The summed E-state index contributed by atoms with van der Waals surface area (Å²) in [5, 5.41) is 0.327. The number of halogens is 2. The van der Waals surface area contributed by atoms with Crippen LogP contribution in [0.2, 0.25) is 5.02 Å². The SMILES string of the molecule is Cc1nc2nc(N3CCO[C@@H]([C@H]4CCOC4)C3)nc(-c3ccc(Cl)cc3F)c2nc1C. The number of hydrogen-bond acceptors (Lipinski definition) is 7. The monoisotopic (exact) mass is 443 g/mol. The largest absolute Gasteiger partial charge is 0.381 e. The van der Waals surface area contributed by atoms with Gasteiger partial charge in [-0.3, -0.25) is 0 Å². The van der Waals surface area contributed by atoms with E-state index < -0.39 is 5.82 Å². The predicted octanol–water partition coefficient (Wildman–Crippen LogP) is 3.74. The van der Waals surface area contributed by atoms with Crippen molar-refractivity contribution >= 4 is 28.7 Å². The van der Waals surface area contributed by atoms with Gasteiger partial charge in [0.1, 0.15) is 17.0 Å². The molecule has 0 radical (unpaired) electrons. The summed E-state index contributed by atoms with van der Waals surface area (Å²) in [5.41, 5.74) is 3.20. The second-order valence-corrected chi connectivity index (χ2v) is 8.48. The minimum absolute atomic E-state index is 0.0529. The molecule has 31 heavy (non-hydrogen) atoms. The van der Waals surface area contributed by atoms with Crippen LogP contribution in [0, 0.1) is 25.6 Å². The van der Waals surface area contributed by atoms with Gasteiger partial charge in [-0.05, 0) is 38.5 Å². The Balaban J connectivity index is 1.61. The van der Waals surface area contributed by atoms with E-state index in [0.29, 0.717) is 65.6 Å². The van der Waals surface area contributed by atoms with Crippen LogP contribution in [0.3, 0.4) is 0 Å². The summed E-state index contributed by atoms with van der Waals surface area (Å²) < 4.78 is 26.4. The lowest BCUT2D eigenvalue weighted by molar-refractivity contribution is -0.00167. The summed E-state index contributed by atoms with van der Waals surface area (Å²) in [7, 11) is 0. The Morgan fingerprint density at radius 2 is 1.94 bits per heavy atom. The van der Waals surface area contributed by atoms with Gasteiger partial charge in [0.2, 0.25) is 5.95 Å². The van der Waals surface area contributed by atoms with Crippen molar-refractivity contribution in [2.45, 2.75) is 26.4 Å². The van der Waals surface area contributed by atoms with Gasteiger partial charge in [0.05, 0.1) is 30.7 Å². The number of benzene rings is 1. The number of aryl methyl sites for hydroxylation is 2. The normalized spacial score (nSPS) is 21.7. The molecule has 4 heterocycles. The molecule has 2 aromatic heterocycles. The lowest BCUT2D eigenvalue weighted by atomic mass is 10.0. The maximum atomic E-state index is 14.8. The summed E-state index contributed by atoms with van der Waals surface area (Å²) in [6, 6.07) is 4.55. The van der Waals surface area contributed by atoms with Crippen molar-refractivity contribution < 1.29 is 13.9 Å². The molecule has 2 aliphatic heterocycles. The van der Waals surface area contributed by atoms with E-state index in [9.17, 15) is 4.39 Å². The standard InChI is InChI=1S/C22H23ClFN5O2/c1-12-13(2)26-21-20(25-12)19(16-4-3-15(23)9-17(16)24)27-22(28-21)29-6-8-31-18(10-29)14-5-7-30-11-14/h3-4,9,14,18H,5-8,10-11H2,1-2H3/t14-,18+/m0/s1. The first-order valence-corrected chi connectivity index (χ1v) is 10.8. The van der Waals surface area contributed by atoms with Crippen molar-refractivity contribution in [3.63, 3.8) is 0 Å². The predicted molar refractivity (Wildman–Crippen MR) is 116 cm³/mol.